The molecular weight excluding hydrogens is 622 g/mol. The molecule has 2 unspecified atom stereocenters. The van der Waals surface area contributed by atoms with Crippen molar-refractivity contribution in [1.82, 2.24) is 9.55 Å². The van der Waals surface area contributed by atoms with Crippen LogP contribution in [0.4, 0.5) is 11.4 Å². The molecule has 2 aliphatic heterocycles. The van der Waals surface area contributed by atoms with Gasteiger partial charge in [0, 0.05) is 33.9 Å². The second-order valence-electron chi connectivity index (χ2n) is 9.56. The van der Waals surface area contributed by atoms with Gasteiger partial charge in [0.25, 0.3) is 0 Å². The average Bonchev–Trinajstić information content (AvgIpc) is 3.40. The van der Waals surface area contributed by atoms with E-state index in [4.69, 9.17) is 16.7 Å². The van der Waals surface area contributed by atoms with E-state index in [9.17, 15) is 27.6 Å². The van der Waals surface area contributed by atoms with Gasteiger partial charge in [-0.2, -0.15) is 0 Å². The summed E-state index contributed by atoms with van der Waals surface area (Å²) >= 11 is 8.04. The van der Waals surface area contributed by atoms with Crippen LogP contribution >= 0.6 is 34.7 Å². The number of amides is 3. The molecule has 42 heavy (non-hydrogen) atoms. The van der Waals surface area contributed by atoms with Gasteiger partial charge in [-0.1, -0.05) is 40.8 Å². The van der Waals surface area contributed by atoms with Gasteiger partial charge in [-0.25, -0.2) is 18.5 Å². The number of thiazole rings is 1. The molecule has 214 valence electrons. The number of primary sulfonamides is 1. The van der Waals surface area contributed by atoms with Crippen LogP contribution in [0.2, 0.25) is 5.02 Å². The standard InChI is InChI=1S/C27H20ClN5O6S3/c28-15-3-7-17(8-4-15)33-24(35)21-20(14-2-1-11-30-12-14)23-26(40-22(21)25(33)36)32(27(37)41-23)13-19(34)31-16-5-9-18(10-6-16)42(29,38)39/h1-12,20-22H,13H2,(H,31,34)(H2,29,38,39)/t20-,21?,22?/m0/s1. The van der Waals surface area contributed by atoms with E-state index in [0.29, 0.717) is 31.9 Å². The van der Waals surface area contributed by atoms with Crippen LogP contribution in [0, 0.1) is 5.92 Å². The maximum absolute atomic E-state index is 13.8. The lowest BCUT2D eigenvalue weighted by molar-refractivity contribution is -0.122. The summed E-state index contributed by atoms with van der Waals surface area (Å²) in [4.78, 5) is 59.2. The van der Waals surface area contributed by atoms with E-state index in [2.05, 4.69) is 10.3 Å². The predicted molar refractivity (Wildman–Crippen MR) is 158 cm³/mol. The number of hydrogen-bond acceptors (Lipinski definition) is 9. The summed E-state index contributed by atoms with van der Waals surface area (Å²) in [5.74, 6) is -2.80. The summed E-state index contributed by atoms with van der Waals surface area (Å²) in [6, 6.07) is 15.2. The molecule has 0 spiro atoms. The molecule has 0 aliphatic carbocycles. The molecule has 0 bridgehead atoms. The van der Waals surface area contributed by atoms with Gasteiger partial charge >= 0.3 is 4.87 Å². The molecule has 11 nitrogen and oxygen atoms in total. The summed E-state index contributed by atoms with van der Waals surface area (Å²) in [6.07, 6.45) is 3.20. The predicted octanol–water partition coefficient (Wildman–Crippen LogP) is 3.04. The number of anilines is 2. The maximum Gasteiger partial charge on any atom is 0.308 e. The number of nitrogens with one attached hydrogen (secondary N) is 1. The van der Waals surface area contributed by atoms with E-state index in [-0.39, 0.29) is 11.4 Å². The third-order valence-electron chi connectivity index (χ3n) is 6.95. The summed E-state index contributed by atoms with van der Waals surface area (Å²) in [5.41, 5.74) is 1.37. The van der Waals surface area contributed by atoms with Crippen molar-refractivity contribution in [3.63, 3.8) is 0 Å². The van der Waals surface area contributed by atoms with Crippen LogP contribution < -0.4 is 20.2 Å². The quantitative estimate of drug-likeness (QED) is 0.304. The van der Waals surface area contributed by atoms with Crippen molar-refractivity contribution >= 4 is 73.8 Å². The lowest BCUT2D eigenvalue weighted by Crippen LogP contribution is -2.33. The van der Waals surface area contributed by atoms with Gasteiger partial charge in [0.15, 0.2) is 0 Å². The first kappa shape index (κ1) is 28.3. The topological polar surface area (TPSA) is 162 Å². The minimum absolute atomic E-state index is 0.112. The molecule has 0 radical (unpaired) electrons. The number of pyridine rings is 1. The minimum Gasteiger partial charge on any atom is -0.325 e. The number of carbonyl (C=O) groups excluding carboxylic acids is 3. The third kappa shape index (κ3) is 5.05. The van der Waals surface area contributed by atoms with Gasteiger partial charge in [0.1, 0.15) is 11.8 Å². The molecule has 2 aromatic carbocycles. The van der Waals surface area contributed by atoms with Crippen LogP contribution in [0.1, 0.15) is 16.4 Å². The molecule has 6 rings (SSSR count). The van der Waals surface area contributed by atoms with Crippen molar-refractivity contribution in [3.8, 4) is 0 Å². The highest BCUT2D eigenvalue weighted by Gasteiger charge is 2.56. The fourth-order valence-electron chi connectivity index (χ4n) is 5.09. The van der Waals surface area contributed by atoms with Crippen molar-refractivity contribution in [2.45, 2.75) is 27.6 Å². The van der Waals surface area contributed by atoms with E-state index in [1.807, 2.05) is 0 Å². The second kappa shape index (κ2) is 10.8. The van der Waals surface area contributed by atoms with Crippen LogP contribution in [-0.4, -0.2) is 40.9 Å². The molecule has 2 aromatic heterocycles. The number of benzene rings is 2. The molecule has 15 heteroatoms. The van der Waals surface area contributed by atoms with Gasteiger partial charge in [0.05, 0.1) is 21.5 Å². The molecule has 2 aliphatic rings. The van der Waals surface area contributed by atoms with Gasteiger partial charge in [-0.15, -0.1) is 0 Å². The lowest BCUT2D eigenvalue weighted by atomic mass is 9.84. The first-order chi connectivity index (χ1) is 20.0. The highest BCUT2D eigenvalue weighted by molar-refractivity contribution is 8.00. The van der Waals surface area contributed by atoms with E-state index in [1.165, 1.54) is 28.8 Å². The second-order valence-corrected chi connectivity index (χ2v) is 13.7. The first-order valence-corrected chi connectivity index (χ1v) is 16.0. The molecular formula is C27H20ClN5O6S3. The minimum atomic E-state index is -3.90. The number of nitrogens with zero attached hydrogens (tertiary/aromatic N) is 3. The van der Waals surface area contributed by atoms with Crippen molar-refractivity contribution in [2.75, 3.05) is 10.2 Å². The zero-order valence-corrected chi connectivity index (χ0v) is 24.5. The molecule has 3 N–H and O–H groups in total. The normalized spacial score (nSPS) is 19.9. The highest BCUT2D eigenvalue weighted by Crippen LogP contribution is 2.53. The number of carbonyl (C=O) groups is 3. The Labute approximate surface area is 252 Å². The third-order valence-corrected chi connectivity index (χ3v) is 10.7. The average molecular weight is 642 g/mol. The molecule has 1 fully saturated rings. The van der Waals surface area contributed by atoms with Gasteiger partial charge in [-0.3, -0.25) is 28.7 Å². The molecule has 3 atom stereocenters. The molecule has 1 saturated heterocycles. The smallest absolute Gasteiger partial charge is 0.308 e. The highest BCUT2D eigenvalue weighted by atomic mass is 35.5. The molecule has 3 amide bonds. The van der Waals surface area contributed by atoms with E-state index in [0.717, 1.165) is 28.0 Å². The number of halogens is 1. The number of imide groups is 1. The Morgan fingerprint density at radius 1 is 1.02 bits per heavy atom. The molecule has 4 aromatic rings. The lowest BCUT2D eigenvalue weighted by Gasteiger charge is -2.30. The van der Waals surface area contributed by atoms with E-state index < -0.39 is 49.7 Å². The van der Waals surface area contributed by atoms with Crippen LogP contribution in [0.25, 0.3) is 0 Å². The Kier molecular flexibility index (Phi) is 7.27. The Morgan fingerprint density at radius 2 is 1.74 bits per heavy atom. The van der Waals surface area contributed by atoms with Gasteiger partial charge in [-0.05, 0) is 60.2 Å². The fourth-order valence-corrected chi connectivity index (χ4v) is 8.51. The monoisotopic (exact) mass is 641 g/mol. The first-order valence-electron chi connectivity index (χ1n) is 12.4. The van der Waals surface area contributed by atoms with Crippen molar-refractivity contribution in [3.05, 3.63) is 98.2 Å². The number of nitrogens with two attached hydrogens (primary N) is 1. The zero-order chi connectivity index (χ0) is 29.8. The van der Waals surface area contributed by atoms with Crippen LogP contribution in [0.15, 0.2) is 87.8 Å². The summed E-state index contributed by atoms with van der Waals surface area (Å²) in [6.45, 7) is -0.366. The Balaban J connectivity index is 1.35. The van der Waals surface area contributed by atoms with Crippen LogP contribution in [0.5, 0.6) is 0 Å². The Bertz CT molecular complexity index is 1890. The maximum atomic E-state index is 13.8. The summed E-state index contributed by atoms with van der Waals surface area (Å²) in [5, 5.41) is 7.81. The molecule has 0 saturated carbocycles. The number of aromatic nitrogens is 2. The largest absolute Gasteiger partial charge is 0.325 e. The number of hydrogen-bond donors (Lipinski definition) is 2. The summed E-state index contributed by atoms with van der Waals surface area (Å²) in [7, 11) is -3.90. The van der Waals surface area contributed by atoms with E-state index >= 15 is 0 Å². The number of thioether (sulfide) groups is 1. The Morgan fingerprint density at radius 3 is 2.38 bits per heavy atom. The zero-order valence-electron chi connectivity index (χ0n) is 21.3. The fraction of sp³-hybridized carbons (Fsp3) is 0.148. The number of sulfonamides is 1. The van der Waals surface area contributed by atoms with Crippen molar-refractivity contribution < 1.29 is 22.8 Å². The van der Waals surface area contributed by atoms with Crippen molar-refractivity contribution in [2.24, 2.45) is 11.1 Å². The SMILES string of the molecule is NS(=O)(=O)c1ccc(NC(=O)Cn2c3c(sc2=O)[C@@H](c2cccnc2)C2C(=O)N(c4ccc(Cl)cc4)C(=O)C2S3)cc1. The summed E-state index contributed by atoms with van der Waals surface area (Å²) < 4.78 is 24.3. The van der Waals surface area contributed by atoms with Crippen LogP contribution in [0.3, 0.4) is 0 Å². The Hall–Kier alpha value is -3.82. The van der Waals surface area contributed by atoms with Crippen molar-refractivity contribution in [1.29, 1.82) is 0 Å². The number of fused-ring (bicyclic) bond motifs is 2. The van der Waals surface area contributed by atoms with Gasteiger partial charge < -0.3 is 5.32 Å². The van der Waals surface area contributed by atoms with E-state index in [1.54, 1.807) is 48.8 Å². The molecule has 4 heterocycles. The number of rotatable bonds is 6. The van der Waals surface area contributed by atoms with Crippen LogP contribution in [-0.2, 0) is 31.0 Å². The van der Waals surface area contributed by atoms with Gasteiger partial charge in [0.2, 0.25) is 27.7 Å².